The summed E-state index contributed by atoms with van der Waals surface area (Å²) >= 11 is 7.77. The molecule has 0 amide bonds. The van der Waals surface area contributed by atoms with Crippen LogP contribution in [-0.2, 0) is 30.8 Å². The van der Waals surface area contributed by atoms with E-state index in [9.17, 15) is 18.0 Å². The molecule has 160 valence electrons. The molecular formula is C18H17ClN2O6S3. The van der Waals surface area contributed by atoms with Crippen molar-refractivity contribution in [2.75, 3.05) is 13.2 Å². The van der Waals surface area contributed by atoms with Gasteiger partial charge in [-0.3, -0.25) is 4.79 Å². The molecule has 0 saturated heterocycles. The van der Waals surface area contributed by atoms with Crippen molar-refractivity contribution in [3.8, 4) is 0 Å². The van der Waals surface area contributed by atoms with Gasteiger partial charge in [0.2, 0.25) is 4.80 Å². The van der Waals surface area contributed by atoms with Gasteiger partial charge in [0.05, 0.1) is 33.3 Å². The van der Waals surface area contributed by atoms with E-state index < -0.39 is 22.0 Å². The van der Waals surface area contributed by atoms with Crippen LogP contribution in [0.1, 0.15) is 24.2 Å². The van der Waals surface area contributed by atoms with Crippen LogP contribution in [0.2, 0.25) is 4.34 Å². The molecule has 3 rings (SSSR count). The summed E-state index contributed by atoms with van der Waals surface area (Å²) in [5.74, 6) is -1.03. The van der Waals surface area contributed by atoms with Crippen molar-refractivity contribution in [2.24, 2.45) is 4.40 Å². The summed E-state index contributed by atoms with van der Waals surface area (Å²) in [7, 11) is -4.04. The molecule has 3 aromatic rings. The number of benzene rings is 1. The standard InChI is InChI=1S/C18H17ClN2O6S3/c1-3-26-15(22)10-21-12-6-5-11(17(23)27-4-2)9-13(12)28-18(21)20-30(24,25)16-8-7-14(19)29-16/h5-9H,3-4,10H2,1-2H3. The normalized spacial score (nSPS) is 12.3. The van der Waals surface area contributed by atoms with E-state index in [1.807, 2.05) is 0 Å². The number of thiophene rings is 1. The van der Waals surface area contributed by atoms with E-state index in [4.69, 9.17) is 21.1 Å². The summed E-state index contributed by atoms with van der Waals surface area (Å²) in [5.41, 5.74) is 0.854. The molecule has 8 nitrogen and oxygen atoms in total. The van der Waals surface area contributed by atoms with Gasteiger partial charge in [0.15, 0.2) is 0 Å². The molecule has 0 aliphatic rings. The maximum Gasteiger partial charge on any atom is 0.338 e. The van der Waals surface area contributed by atoms with Crippen LogP contribution in [0.5, 0.6) is 0 Å². The fourth-order valence-electron chi connectivity index (χ4n) is 2.56. The zero-order chi connectivity index (χ0) is 21.9. The summed E-state index contributed by atoms with van der Waals surface area (Å²) in [6.07, 6.45) is 0. The Morgan fingerprint density at radius 2 is 1.83 bits per heavy atom. The van der Waals surface area contributed by atoms with Crippen LogP contribution in [0.15, 0.2) is 38.9 Å². The highest BCUT2D eigenvalue weighted by Crippen LogP contribution is 2.27. The van der Waals surface area contributed by atoms with Gasteiger partial charge in [-0.25, -0.2) is 4.79 Å². The Morgan fingerprint density at radius 1 is 1.10 bits per heavy atom. The van der Waals surface area contributed by atoms with Crippen molar-refractivity contribution in [1.29, 1.82) is 0 Å². The van der Waals surface area contributed by atoms with E-state index in [1.165, 1.54) is 16.7 Å². The van der Waals surface area contributed by atoms with Gasteiger partial charge < -0.3 is 14.0 Å². The van der Waals surface area contributed by atoms with Gasteiger partial charge >= 0.3 is 11.9 Å². The van der Waals surface area contributed by atoms with Gasteiger partial charge in [-0.15, -0.1) is 15.7 Å². The topological polar surface area (TPSA) is 104 Å². The van der Waals surface area contributed by atoms with E-state index in [0.717, 1.165) is 22.7 Å². The Morgan fingerprint density at radius 3 is 2.47 bits per heavy atom. The zero-order valence-electron chi connectivity index (χ0n) is 16.0. The number of halogens is 1. The molecule has 2 heterocycles. The van der Waals surface area contributed by atoms with E-state index in [-0.39, 0.29) is 28.8 Å². The molecule has 0 spiro atoms. The lowest BCUT2D eigenvalue weighted by atomic mass is 10.2. The second-order valence-electron chi connectivity index (χ2n) is 5.80. The molecule has 0 N–H and O–H groups in total. The van der Waals surface area contributed by atoms with Crippen LogP contribution in [0.25, 0.3) is 10.2 Å². The van der Waals surface area contributed by atoms with Gasteiger partial charge in [0, 0.05) is 0 Å². The number of carbonyl (C=O) groups is 2. The average molecular weight is 489 g/mol. The van der Waals surface area contributed by atoms with Crippen LogP contribution >= 0.6 is 34.3 Å². The second-order valence-corrected chi connectivity index (χ2v) is 10.4. The lowest BCUT2D eigenvalue weighted by Gasteiger charge is -2.06. The van der Waals surface area contributed by atoms with Crippen LogP contribution in [-0.4, -0.2) is 38.1 Å². The summed E-state index contributed by atoms with van der Waals surface area (Å²) < 4.78 is 41.6. The van der Waals surface area contributed by atoms with Gasteiger partial charge in [-0.1, -0.05) is 22.9 Å². The Bertz CT molecular complexity index is 1270. The van der Waals surface area contributed by atoms with Crippen LogP contribution in [0.4, 0.5) is 0 Å². The quantitative estimate of drug-likeness (QED) is 0.472. The average Bonchev–Trinajstić information content (AvgIpc) is 3.26. The van der Waals surface area contributed by atoms with Crippen LogP contribution in [0.3, 0.4) is 0 Å². The Labute approximate surface area is 185 Å². The molecule has 0 aliphatic carbocycles. The first-order valence-electron chi connectivity index (χ1n) is 8.77. The van der Waals surface area contributed by atoms with Crippen molar-refractivity contribution in [3.63, 3.8) is 0 Å². The van der Waals surface area contributed by atoms with E-state index >= 15 is 0 Å². The van der Waals surface area contributed by atoms with Crippen LogP contribution < -0.4 is 4.80 Å². The molecular weight excluding hydrogens is 472 g/mol. The van der Waals surface area contributed by atoms with Gasteiger partial charge in [0.25, 0.3) is 10.0 Å². The molecule has 0 atom stereocenters. The molecule has 1 aromatic carbocycles. The number of sulfonamides is 1. The van der Waals surface area contributed by atoms with Crippen molar-refractivity contribution >= 4 is 66.5 Å². The molecule has 0 aliphatic heterocycles. The van der Waals surface area contributed by atoms with Gasteiger partial charge in [-0.2, -0.15) is 8.42 Å². The summed E-state index contributed by atoms with van der Waals surface area (Å²) in [5, 5.41) is 0. The first-order chi connectivity index (χ1) is 14.2. The largest absolute Gasteiger partial charge is 0.465 e. The Hall–Kier alpha value is -2.21. The molecule has 30 heavy (non-hydrogen) atoms. The minimum Gasteiger partial charge on any atom is -0.465 e. The highest BCUT2D eigenvalue weighted by Gasteiger charge is 2.19. The highest BCUT2D eigenvalue weighted by molar-refractivity contribution is 7.92. The van der Waals surface area contributed by atoms with Crippen LogP contribution in [0, 0.1) is 0 Å². The maximum atomic E-state index is 12.7. The maximum absolute atomic E-state index is 12.7. The lowest BCUT2D eigenvalue weighted by molar-refractivity contribution is -0.143. The number of ether oxygens (including phenoxy) is 2. The molecule has 0 radical (unpaired) electrons. The monoisotopic (exact) mass is 488 g/mol. The fourth-order valence-corrected chi connectivity index (χ4v) is 6.29. The predicted molar refractivity (Wildman–Crippen MR) is 114 cm³/mol. The minimum absolute atomic E-state index is 0.0140. The van der Waals surface area contributed by atoms with E-state index in [0.29, 0.717) is 20.1 Å². The van der Waals surface area contributed by atoms with E-state index in [1.54, 1.807) is 32.0 Å². The third kappa shape index (κ3) is 4.91. The summed E-state index contributed by atoms with van der Waals surface area (Å²) in [4.78, 5) is 24.2. The lowest BCUT2D eigenvalue weighted by Crippen LogP contribution is -2.23. The molecule has 2 aromatic heterocycles. The first-order valence-corrected chi connectivity index (χ1v) is 12.2. The first kappa shape index (κ1) is 22.5. The van der Waals surface area contributed by atoms with E-state index in [2.05, 4.69) is 4.40 Å². The number of thiazole rings is 1. The highest BCUT2D eigenvalue weighted by atomic mass is 35.5. The number of aromatic nitrogens is 1. The number of rotatable bonds is 7. The second kappa shape index (κ2) is 9.29. The summed E-state index contributed by atoms with van der Waals surface area (Å²) in [6.45, 7) is 3.56. The van der Waals surface area contributed by atoms with Crippen molar-refractivity contribution in [1.82, 2.24) is 4.57 Å². The zero-order valence-corrected chi connectivity index (χ0v) is 19.2. The molecule has 0 unspecified atom stereocenters. The molecule has 0 fully saturated rings. The Kier molecular flexibility index (Phi) is 6.96. The smallest absolute Gasteiger partial charge is 0.338 e. The summed E-state index contributed by atoms with van der Waals surface area (Å²) in [6, 6.07) is 7.58. The third-order valence-corrected chi connectivity index (χ3v) is 7.91. The predicted octanol–water partition coefficient (Wildman–Crippen LogP) is 3.45. The number of carbonyl (C=O) groups excluding carboxylic acids is 2. The fraction of sp³-hybridized carbons (Fsp3) is 0.278. The number of esters is 2. The van der Waals surface area contributed by atoms with Crippen molar-refractivity contribution in [3.05, 3.63) is 45.0 Å². The van der Waals surface area contributed by atoms with Crippen molar-refractivity contribution < 1.29 is 27.5 Å². The van der Waals surface area contributed by atoms with Gasteiger partial charge in [0.1, 0.15) is 10.8 Å². The number of hydrogen-bond donors (Lipinski definition) is 0. The third-order valence-electron chi connectivity index (χ3n) is 3.79. The number of fused-ring (bicyclic) bond motifs is 1. The molecule has 0 bridgehead atoms. The molecule has 12 heteroatoms. The van der Waals surface area contributed by atoms with Crippen molar-refractivity contribution in [2.45, 2.75) is 24.6 Å². The number of hydrogen-bond acceptors (Lipinski definition) is 8. The number of nitrogens with zero attached hydrogens (tertiary/aromatic N) is 2. The molecule has 0 saturated carbocycles. The SMILES string of the molecule is CCOC(=O)Cn1c(=NS(=O)(=O)c2ccc(Cl)s2)sc2cc(C(=O)OCC)ccc21. The van der Waals surface area contributed by atoms with Gasteiger partial charge in [-0.05, 0) is 44.2 Å². The Balaban J connectivity index is 2.17. The minimum atomic E-state index is -4.04.